The quantitative estimate of drug-likeness (QED) is 0.675. The van der Waals surface area contributed by atoms with E-state index in [4.69, 9.17) is 0 Å². The minimum absolute atomic E-state index is 0.0316. The SMILES string of the molecule is O=C(N[C@@H]1CC(=O)N(c2ccccc2)C1)N(Cc1ccccc1)Cc1ccccc1. The van der Waals surface area contributed by atoms with Crippen LogP contribution in [0.15, 0.2) is 91.0 Å². The van der Waals surface area contributed by atoms with E-state index in [1.807, 2.05) is 91.0 Å². The zero-order valence-electron chi connectivity index (χ0n) is 16.8. The number of carbonyl (C=O) groups excluding carboxylic acids is 2. The second-order valence-corrected chi connectivity index (χ2v) is 7.52. The molecule has 0 saturated carbocycles. The lowest BCUT2D eigenvalue weighted by atomic mass is 10.1. The minimum Gasteiger partial charge on any atom is -0.333 e. The highest BCUT2D eigenvalue weighted by Gasteiger charge is 2.32. The number of nitrogens with zero attached hydrogens (tertiary/aromatic N) is 2. The number of rotatable bonds is 6. The second kappa shape index (κ2) is 9.27. The van der Waals surface area contributed by atoms with Crippen molar-refractivity contribution in [2.24, 2.45) is 0 Å². The van der Waals surface area contributed by atoms with Gasteiger partial charge < -0.3 is 15.1 Å². The first-order chi connectivity index (χ1) is 14.7. The largest absolute Gasteiger partial charge is 0.333 e. The molecule has 1 fully saturated rings. The maximum Gasteiger partial charge on any atom is 0.318 e. The third kappa shape index (κ3) is 4.87. The van der Waals surface area contributed by atoms with Crippen LogP contribution in [0, 0.1) is 0 Å². The van der Waals surface area contributed by atoms with Crippen LogP contribution >= 0.6 is 0 Å². The Morgan fingerprint density at radius 1 is 0.833 bits per heavy atom. The van der Waals surface area contributed by atoms with E-state index >= 15 is 0 Å². The summed E-state index contributed by atoms with van der Waals surface area (Å²) >= 11 is 0. The van der Waals surface area contributed by atoms with Crippen molar-refractivity contribution in [2.45, 2.75) is 25.6 Å². The van der Waals surface area contributed by atoms with Gasteiger partial charge in [0.1, 0.15) is 0 Å². The van der Waals surface area contributed by atoms with Gasteiger partial charge in [0.2, 0.25) is 5.91 Å². The Labute approximate surface area is 176 Å². The highest BCUT2D eigenvalue weighted by Crippen LogP contribution is 2.21. The van der Waals surface area contributed by atoms with Gasteiger partial charge in [0.25, 0.3) is 0 Å². The Morgan fingerprint density at radius 3 is 1.87 bits per heavy atom. The summed E-state index contributed by atoms with van der Waals surface area (Å²) in [6.07, 6.45) is 0.311. The lowest BCUT2D eigenvalue weighted by Gasteiger charge is -2.25. The number of urea groups is 1. The molecule has 1 atom stereocenters. The van der Waals surface area contributed by atoms with E-state index in [0.717, 1.165) is 16.8 Å². The molecule has 1 aliphatic rings. The van der Waals surface area contributed by atoms with Crippen LogP contribution in [0.25, 0.3) is 0 Å². The summed E-state index contributed by atoms with van der Waals surface area (Å²) in [6, 6.07) is 29.1. The predicted octanol–water partition coefficient (Wildman–Crippen LogP) is 4.20. The number of hydrogen-bond donors (Lipinski definition) is 1. The van der Waals surface area contributed by atoms with Crippen LogP contribution in [0.1, 0.15) is 17.5 Å². The molecule has 4 rings (SSSR count). The predicted molar refractivity (Wildman–Crippen MR) is 118 cm³/mol. The first-order valence-electron chi connectivity index (χ1n) is 10.2. The molecular weight excluding hydrogens is 374 g/mol. The number of carbonyl (C=O) groups is 2. The Bertz CT molecular complexity index is 936. The summed E-state index contributed by atoms with van der Waals surface area (Å²) in [7, 11) is 0. The van der Waals surface area contributed by atoms with E-state index in [1.54, 1.807) is 9.80 Å². The molecule has 3 aromatic rings. The van der Waals surface area contributed by atoms with Gasteiger partial charge in [0.15, 0.2) is 0 Å². The maximum atomic E-state index is 13.1. The van der Waals surface area contributed by atoms with E-state index in [-0.39, 0.29) is 18.0 Å². The lowest BCUT2D eigenvalue weighted by molar-refractivity contribution is -0.117. The Morgan fingerprint density at radius 2 is 1.33 bits per heavy atom. The van der Waals surface area contributed by atoms with E-state index < -0.39 is 0 Å². The second-order valence-electron chi connectivity index (χ2n) is 7.52. The summed E-state index contributed by atoms with van der Waals surface area (Å²) in [5.74, 6) is 0.0316. The summed E-state index contributed by atoms with van der Waals surface area (Å²) < 4.78 is 0. The Balaban J connectivity index is 1.45. The molecule has 0 aromatic heterocycles. The average Bonchev–Trinajstić information content (AvgIpc) is 3.15. The monoisotopic (exact) mass is 399 g/mol. The normalized spacial score (nSPS) is 15.8. The highest BCUT2D eigenvalue weighted by atomic mass is 16.2. The molecule has 1 heterocycles. The van der Waals surface area contributed by atoms with Crippen molar-refractivity contribution in [3.63, 3.8) is 0 Å². The zero-order valence-corrected chi connectivity index (χ0v) is 16.8. The number of amides is 3. The third-order valence-electron chi connectivity index (χ3n) is 5.24. The first kappa shape index (κ1) is 19.7. The topological polar surface area (TPSA) is 52.7 Å². The fourth-order valence-electron chi connectivity index (χ4n) is 3.73. The summed E-state index contributed by atoms with van der Waals surface area (Å²) in [5, 5.41) is 3.07. The van der Waals surface area contributed by atoms with Crippen LogP contribution in [-0.4, -0.2) is 29.4 Å². The van der Waals surface area contributed by atoms with E-state index in [9.17, 15) is 9.59 Å². The standard InChI is InChI=1S/C25H25N3O2/c29-24-16-22(19-28(24)23-14-8-3-9-15-23)26-25(30)27(17-20-10-4-1-5-11-20)18-21-12-6-2-7-13-21/h1-15,22H,16-19H2,(H,26,30)/t22-/m1/s1. The van der Waals surface area contributed by atoms with Crippen molar-refractivity contribution < 1.29 is 9.59 Å². The van der Waals surface area contributed by atoms with E-state index in [0.29, 0.717) is 26.1 Å². The van der Waals surface area contributed by atoms with Gasteiger partial charge >= 0.3 is 6.03 Å². The fraction of sp³-hybridized carbons (Fsp3) is 0.200. The van der Waals surface area contributed by atoms with E-state index in [1.165, 1.54) is 0 Å². The average molecular weight is 399 g/mol. The molecule has 0 aliphatic carbocycles. The molecule has 30 heavy (non-hydrogen) atoms. The highest BCUT2D eigenvalue weighted by molar-refractivity contribution is 5.96. The number of benzene rings is 3. The van der Waals surface area contributed by atoms with Crippen molar-refractivity contribution in [2.75, 3.05) is 11.4 Å². The third-order valence-corrected chi connectivity index (χ3v) is 5.24. The number of hydrogen-bond acceptors (Lipinski definition) is 2. The molecule has 0 bridgehead atoms. The zero-order chi connectivity index (χ0) is 20.8. The van der Waals surface area contributed by atoms with Crippen LogP contribution < -0.4 is 10.2 Å². The molecule has 0 spiro atoms. The van der Waals surface area contributed by atoms with Crippen LogP contribution in [0.3, 0.4) is 0 Å². The summed E-state index contributed by atoms with van der Waals surface area (Å²) in [5.41, 5.74) is 3.00. The van der Waals surface area contributed by atoms with Crippen LogP contribution in [0.5, 0.6) is 0 Å². The van der Waals surface area contributed by atoms with Crippen molar-refractivity contribution >= 4 is 17.6 Å². The molecule has 1 saturated heterocycles. The number of nitrogens with one attached hydrogen (secondary N) is 1. The Kier molecular flexibility index (Phi) is 6.09. The Hall–Kier alpha value is -3.60. The van der Waals surface area contributed by atoms with Gasteiger partial charge in [-0.3, -0.25) is 4.79 Å². The van der Waals surface area contributed by atoms with Gasteiger partial charge in [-0.2, -0.15) is 0 Å². The van der Waals surface area contributed by atoms with Crippen LogP contribution in [-0.2, 0) is 17.9 Å². The van der Waals surface area contributed by atoms with E-state index in [2.05, 4.69) is 5.32 Å². The first-order valence-corrected chi connectivity index (χ1v) is 10.2. The van der Waals surface area contributed by atoms with Gasteiger partial charge in [0.05, 0.1) is 6.04 Å². The van der Waals surface area contributed by atoms with Crippen molar-refractivity contribution in [3.05, 3.63) is 102 Å². The van der Waals surface area contributed by atoms with Crippen LogP contribution in [0.4, 0.5) is 10.5 Å². The van der Waals surface area contributed by atoms with Gasteiger partial charge in [-0.1, -0.05) is 78.9 Å². The van der Waals surface area contributed by atoms with Gasteiger partial charge in [-0.15, -0.1) is 0 Å². The van der Waals surface area contributed by atoms with Gasteiger partial charge in [-0.25, -0.2) is 4.79 Å². The minimum atomic E-state index is -0.209. The molecule has 5 heteroatoms. The lowest BCUT2D eigenvalue weighted by Crippen LogP contribution is -2.45. The molecule has 1 N–H and O–H groups in total. The molecular formula is C25H25N3O2. The molecule has 3 amide bonds. The summed E-state index contributed by atoms with van der Waals surface area (Å²) in [6.45, 7) is 1.49. The van der Waals surface area contributed by atoms with Gasteiger partial charge in [-0.05, 0) is 23.3 Å². The fourth-order valence-corrected chi connectivity index (χ4v) is 3.73. The summed E-state index contributed by atoms with van der Waals surface area (Å²) in [4.78, 5) is 29.2. The van der Waals surface area contributed by atoms with Crippen LogP contribution in [0.2, 0.25) is 0 Å². The number of anilines is 1. The smallest absolute Gasteiger partial charge is 0.318 e. The molecule has 3 aromatic carbocycles. The van der Waals surface area contributed by atoms with Crippen molar-refractivity contribution in [3.8, 4) is 0 Å². The molecule has 0 radical (unpaired) electrons. The molecule has 0 unspecified atom stereocenters. The molecule has 1 aliphatic heterocycles. The van der Waals surface area contributed by atoms with Gasteiger partial charge in [0, 0.05) is 31.7 Å². The molecule has 152 valence electrons. The van der Waals surface area contributed by atoms with Crippen molar-refractivity contribution in [1.29, 1.82) is 0 Å². The molecule has 5 nitrogen and oxygen atoms in total. The number of para-hydroxylation sites is 1. The van der Waals surface area contributed by atoms with Crippen molar-refractivity contribution in [1.82, 2.24) is 10.2 Å². The maximum absolute atomic E-state index is 13.1.